The van der Waals surface area contributed by atoms with Gasteiger partial charge in [-0.2, -0.15) is 0 Å². The number of ether oxygens (including phenoxy) is 5. The minimum Gasteiger partial charge on any atom is -0.497 e. The summed E-state index contributed by atoms with van der Waals surface area (Å²) in [4.78, 5) is 14.2. The Labute approximate surface area is 238 Å². The monoisotopic (exact) mass is 555 g/mol. The van der Waals surface area contributed by atoms with E-state index in [2.05, 4.69) is 45.9 Å². The van der Waals surface area contributed by atoms with Gasteiger partial charge in [0.25, 0.3) is 0 Å². The summed E-state index contributed by atoms with van der Waals surface area (Å²) in [6.07, 6.45) is 1.22. The van der Waals surface area contributed by atoms with Crippen LogP contribution < -0.4 is 25.0 Å². The average Bonchev–Trinajstić information content (AvgIpc) is 2.99. The Morgan fingerprint density at radius 1 is 1.12 bits per heavy atom. The van der Waals surface area contributed by atoms with E-state index in [9.17, 15) is 4.79 Å². The Hall–Kier alpha value is -2.85. The second kappa shape index (κ2) is 15.2. The highest BCUT2D eigenvalue weighted by molar-refractivity contribution is 5.75. The molecule has 9 heteroatoms. The topological polar surface area (TPSA) is 90.5 Å². The Balaban J connectivity index is 1.47. The van der Waals surface area contributed by atoms with Gasteiger partial charge in [-0.1, -0.05) is 25.1 Å². The fourth-order valence-corrected chi connectivity index (χ4v) is 5.37. The third-order valence-corrected chi connectivity index (χ3v) is 7.51. The number of carbonyl (C=O) groups excluding carboxylic acids is 1. The second-order valence-corrected chi connectivity index (χ2v) is 10.5. The number of amides is 1. The van der Waals surface area contributed by atoms with E-state index in [1.165, 1.54) is 0 Å². The van der Waals surface area contributed by atoms with Crippen LogP contribution in [0.1, 0.15) is 43.7 Å². The van der Waals surface area contributed by atoms with Crippen LogP contribution in [0.5, 0.6) is 11.5 Å². The van der Waals surface area contributed by atoms with Crippen molar-refractivity contribution in [2.75, 3.05) is 65.1 Å². The maximum atomic E-state index is 11.8. The Kier molecular flexibility index (Phi) is 11.5. The lowest BCUT2D eigenvalue weighted by molar-refractivity contribution is -0.122. The number of methoxy groups -OCH3 is 2. The third kappa shape index (κ3) is 8.10. The molecular weight excluding hydrogens is 510 g/mol. The van der Waals surface area contributed by atoms with Crippen LogP contribution >= 0.6 is 0 Å². The number of benzene rings is 2. The number of rotatable bonds is 14. The van der Waals surface area contributed by atoms with Crippen molar-refractivity contribution in [3.05, 3.63) is 53.6 Å². The van der Waals surface area contributed by atoms with Crippen molar-refractivity contribution >= 4 is 11.6 Å². The van der Waals surface area contributed by atoms with Crippen molar-refractivity contribution in [2.45, 2.75) is 57.5 Å². The zero-order valence-corrected chi connectivity index (χ0v) is 24.3. The molecule has 2 N–H and O–H groups in total. The number of fused-ring (bicyclic) bond motifs is 1. The van der Waals surface area contributed by atoms with E-state index in [1.54, 1.807) is 14.2 Å². The molecule has 2 aromatic carbocycles. The minimum absolute atomic E-state index is 0.0211. The smallest absolute Gasteiger partial charge is 0.220 e. The van der Waals surface area contributed by atoms with E-state index in [-0.39, 0.29) is 30.1 Å². The molecule has 0 aromatic heterocycles. The van der Waals surface area contributed by atoms with E-state index in [1.807, 2.05) is 26.0 Å². The van der Waals surface area contributed by atoms with Crippen LogP contribution in [0.2, 0.25) is 0 Å². The number of hydrogen-bond acceptors (Lipinski definition) is 8. The third-order valence-electron chi connectivity index (χ3n) is 7.51. The standard InChI is InChI=1S/C31H45N3O6/c1-5-30(35)33-22(2)20-39-28-18-32-19-29(31(28)24-8-10-25(37-4)11-9-24)40-21-23-7-12-27-26(17-23)34(14-16-38-27)13-6-15-36-3/h7-12,17,22,28-29,31-32H,5-6,13-16,18-21H2,1-4H3,(H,33,35)/t22-,28-,29?,31+/m1/s1. The maximum absolute atomic E-state index is 11.8. The molecule has 4 atom stereocenters. The summed E-state index contributed by atoms with van der Waals surface area (Å²) in [6, 6.07) is 14.4. The first-order chi connectivity index (χ1) is 19.5. The van der Waals surface area contributed by atoms with Gasteiger partial charge < -0.3 is 39.2 Å². The van der Waals surface area contributed by atoms with Crippen LogP contribution in [0.4, 0.5) is 5.69 Å². The van der Waals surface area contributed by atoms with E-state index < -0.39 is 0 Å². The molecule has 0 spiro atoms. The Morgan fingerprint density at radius 3 is 2.62 bits per heavy atom. The summed E-state index contributed by atoms with van der Waals surface area (Å²) in [5.41, 5.74) is 3.36. The molecule has 2 aliphatic rings. The van der Waals surface area contributed by atoms with Crippen LogP contribution in [0.3, 0.4) is 0 Å². The molecule has 2 heterocycles. The summed E-state index contributed by atoms with van der Waals surface area (Å²) in [5.74, 6) is 1.78. The molecule has 1 saturated heterocycles. The van der Waals surface area contributed by atoms with Gasteiger partial charge in [0.15, 0.2) is 0 Å². The minimum atomic E-state index is -0.110. The molecule has 220 valence electrons. The summed E-state index contributed by atoms with van der Waals surface area (Å²) < 4.78 is 29.6. The molecule has 40 heavy (non-hydrogen) atoms. The average molecular weight is 556 g/mol. The predicted octanol–water partition coefficient (Wildman–Crippen LogP) is 3.50. The molecule has 4 rings (SSSR count). The van der Waals surface area contributed by atoms with Crippen molar-refractivity contribution in [1.82, 2.24) is 10.6 Å². The second-order valence-electron chi connectivity index (χ2n) is 10.5. The van der Waals surface area contributed by atoms with Crippen LogP contribution in [0, 0.1) is 0 Å². The highest BCUT2D eigenvalue weighted by atomic mass is 16.5. The van der Waals surface area contributed by atoms with Gasteiger partial charge >= 0.3 is 0 Å². The number of piperidine rings is 1. The number of carbonyl (C=O) groups is 1. The molecule has 1 unspecified atom stereocenters. The fraction of sp³-hybridized carbons (Fsp3) is 0.581. The lowest BCUT2D eigenvalue weighted by Crippen LogP contribution is -2.51. The molecule has 1 fully saturated rings. The molecular formula is C31H45N3O6. The summed E-state index contributed by atoms with van der Waals surface area (Å²) in [7, 11) is 3.41. The largest absolute Gasteiger partial charge is 0.497 e. The van der Waals surface area contributed by atoms with Gasteiger partial charge in [-0.25, -0.2) is 0 Å². The van der Waals surface area contributed by atoms with Crippen LogP contribution in [0.25, 0.3) is 0 Å². The van der Waals surface area contributed by atoms with E-state index in [0.29, 0.717) is 32.8 Å². The Bertz CT molecular complexity index is 1070. The first-order valence-corrected chi connectivity index (χ1v) is 14.4. The number of hydrogen-bond donors (Lipinski definition) is 2. The van der Waals surface area contributed by atoms with Gasteiger partial charge in [0.1, 0.15) is 18.1 Å². The maximum Gasteiger partial charge on any atom is 0.220 e. The molecule has 0 aliphatic carbocycles. The van der Waals surface area contributed by atoms with E-state index in [0.717, 1.165) is 61.0 Å². The molecule has 2 aromatic rings. The van der Waals surface area contributed by atoms with E-state index in [4.69, 9.17) is 23.7 Å². The van der Waals surface area contributed by atoms with Crippen molar-refractivity contribution in [2.24, 2.45) is 0 Å². The molecule has 0 radical (unpaired) electrons. The lowest BCUT2D eigenvalue weighted by Gasteiger charge is -2.39. The fourth-order valence-electron chi connectivity index (χ4n) is 5.37. The lowest BCUT2D eigenvalue weighted by atomic mass is 9.85. The molecule has 0 bridgehead atoms. The molecule has 1 amide bonds. The summed E-state index contributed by atoms with van der Waals surface area (Å²) in [6.45, 7) is 9.38. The van der Waals surface area contributed by atoms with Crippen LogP contribution in [-0.4, -0.2) is 84.4 Å². The normalized spacial score (nSPS) is 21.3. The van der Waals surface area contributed by atoms with Gasteiger partial charge in [0.05, 0.1) is 44.8 Å². The van der Waals surface area contributed by atoms with Gasteiger partial charge in [-0.3, -0.25) is 4.79 Å². The number of nitrogens with one attached hydrogen (secondary N) is 2. The number of nitrogens with zero attached hydrogens (tertiary/aromatic N) is 1. The number of anilines is 1. The van der Waals surface area contributed by atoms with Crippen LogP contribution in [0.15, 0.2) is 42.5 Å². The molecule has 9 nitrogen and oxygen atoms in total. The van der Waals surface area contributed by atoms with Gasteiger partial charge in [-0.05, 0) is 48.7 Å². The quantitative estimate of drug-likeness (QED) is 0.343. The zero-order valence-electron chi connectivity index (χ0n) is 24.3. The summed E-state index contributed by atoms with van der Waals surface area (Å²) in [5, 5.41) is 6.49. The first-order valence-electron chi connectivity index (χ1n) is 14.4. The van der Waals surface area contributed by atoms with E-state index >= 15 is 0 Å². The molecule has 2 aliphatic heterocycles. The van der Waals surface area contributed by atoms with Gasteiger partial charge in [-0.15, -0.1) is 0 Å². The van der Waals surface area contributed by atoms with Gasteiger partial charge in [0, 0.05) is 51.7 Å². The van der Waals surface area contributed by atoms with Crippen LogP contribution in [-0.2, 0) is 25.6 Å². The first kappa shape index (κ1) is 30.1. The van der Waals surface area contributed by atoms with Crippen molar-refractivity contribution in [3.8, 4) is 11.5 Å². The van der Waals surface area contributed by atoms with Crippen molar-refractivity contribution in [3.63, 3.8) is 0 Å². The van der Waals surface area contributed by atoms with Crippen molar-refractivity contribution in [1.29, 1.82) is 0 Å². The highest BCUT2D eigenvalue weighted by Gasteiger charge is 2.36. The van der Waals surface area contributed by atoms with Crippen molar-refractivity contribution < 1.29 is 28.5 Å². The SMILES string of the molecule is CCC(=O)N[C@H](C)CO[C@@H]1CNCC(OCc2ccc3c(c2)N(CCCOC)CCO3)[C@H]1c1ccc(OC)cc1. The zero-order chi connectivity index (χ0) is 28.3. The Morgan fingerprint density at radius 2 is 1.90 bits per heavy atom. The summed E-state index contributed by atoms with van der Waals surface area (Å²) >= 11 is 0. The van der Waals surface area contributed by atoms with Gasteiger partial charge in [0.2, 0.25) is 5.91 Å². The predicted molar refractivity (Wildman–Crippen MR) is 155 cm³/mol. The molecule has 0 saturated carbocycles. The highest BCUT2D eigenvalue weighted by Crippen LogP contribution is 2.35.